The van der Waals surface area contributed by atoms with Gasteiger partial charge in [0.2, 0.25) is 53.2 Å². The van der Waals surface area contributed by atoms with Crippen LogP contribution in [-0.2, 0) is 91.0 Å². The molecule has 0 spiro atoms. The van der Waals surface area contributed by atoms with E-state index in [0.29, 0.717) is 34.1 Å². The van der Waals surface area contributed by atoms with Gasteiger partial charge in [0.25, 0.3) is 5.91 Å². The van der Waals surface area contributed by atoms with Crippen LogP contribution in [0.15, 0.2) is 72.2 Å². The predicted molar refractivity (Wildman–Crippen MR) is 355 cm³/mol. The van der Waals surface area contributed by atoms with Gasteiger partial charge in [0.05, 0.1) is 18.5 Å². The number of esters is 2. The third-order valence-electron chi connectivity index (χ3n) is 15.8. The number of H-pyrrole nitrogens is 2. The first-order chi connectivity index (χ1) is 47.4. The Balaban J connectivity index is 1.33. The van der Waals surface area contributed by atoms with Gasteiger partial charge in [-0.15, -0.1) is 0 Å². The highest BCUT2D eigenvalue weighted by Gasteiger charge is 2.41. The highest BCUT2D eigenvalue weighted by molar-refractivity contribution is 6.00. The number of hydrazine groups is 1. The molecule has 20 N–H and O–H groups in total. The molecular weight excluding hydrogens is 1310 g/mol. The van der Waals surface area contributed by atoms with Gasteiger partial charge in [0.1, 0.15) is 73.3 Å². The number of nitrogens with zero attached hydrogens (tertiary/aromatic N) is 3. The van der Waals surface area contributed by atoms with Crippen LogP contribution < -0.4 is 70.6 Å². The summed E-state index contributed by atoms with van der Waals surface area (Å²) in [5.41, 5.74) is 21.2. The van der Waals surface area contributed by atoms with E-state index in [1.807, 2.05) is 5.43 Å². The maximum Gasteiger partial charge on any atom is 0.347 e. The Hall–Kier alpha value is -10.9. The van der Waals surface area contributed by atoms with Gasteiger partial charge in [-0.3, -0.25) is 58.4 Å². The lowest BCUT2D eigenvalue weighted by atomic mass is 10.0. The minimum absolute atomic E-state index is 0.0341. The van der Waals surface area contributed by atoms with Crippen molar-refractivity contribution in [3.8, 4) is 5.75 Å². The molecule has 2 fully saturated rings. The number of guanidine groups is 1. The summed E-state index contributed by atoms with van der Waals surface area (Å²) in [6.07, 6.45) is 2.54. The van der Waals surface area contributed by atoms with Crippen LogP contribution in [0.3, 0.4) is 0 Å². The van der Waals surface area contributed by atoms with Gasteiger partial charge in [-0.1, -0.05) is 44.2 Å². The van der Waals surface area contributed by atoms with Crippen molar-refractivity contribution in [3.63, 3.8) is 0 Å². The van der Waals surface area contributed by atoms with Crippen molar-refractivity contribution in [2.45, 2.75) is 172 Å². The molecule has 2 saturated heterocycles. The fraction of sp³-hybridized carbons (Fsp3) is 0.516. The number of aliphatic hydroxyl groups is 1. The summed E-state index contributed by atoms with van der Waals surface area (Å²) in [5.74, 6) is -11.9. The van der Waals surface area contributed by atoms with Crippen molar-refractivity contribution in [3.05, 3.63) is 84.1 Å². The predicted octanol–water partition coefficient (Wildman–Crippen LogP) is -3.63. The van der Waals surface area contributed by atoms with Gasteiger partial charge in [-0.2, -0.15) is 0 Å². The zero-order valence-corrected chi connectivity index (χ0v) is 56.3. The molecule has 0 aliphatic carbocycles. The Bertz CT molecular complexity index is 3570. The van der Waals surface area contributed by atoms with E-state index in [0.717, 1.165) is 6.92 Å². The average Bonchev–Trinajstić information content (AvgIpc) is 1.60. The molecule has 4 aromatic rings. The summed E-state index contributed by atoms with van der Waals surface area (Å²) in [4.78, 5) is 195. The number of ether oxygens (including phenoxy) is 3. The van der Waals surface area contributed by atoms with E-state index in [9.17, 15) is 58.2 Å². The van der Waals surface area contributed by atoms with E-state index >= 15 is 14.4 Å². The summed E-state index contributed by atoms with van der Waals surface area (Å²) in [7, 11) is 0. The van der Waals surface area contributed by atoms with Crippen LogP contribution in [0.4, 0.5) is 4.79 Å². The quantitative estimate of drug-likeness (QED) is 0.00695. The van der Waals surface area contributed by atoms with Crippen molar-refractivity contribution < 1.29 is 86.8 Å². The first-order valence-corrected chi connectivity index (χ1v) is 32.4. The monoisotopic (exact) mass is 1400 g/mol. The number of amides is 12. The topological polar surface area (TPSA) is 548 Å². The molecule has 2 aliphatic rings. The Kier molecular flexibility index (Phi) is 29.0. The van der Waals surface area contributed by atoms with Crippen LogP contribution in [-0.4, -0.2) is 212 Å². The summed E-state index contributed by atoms with van der Waals surface area (Å²) in [6, 6.07) is -1.97. The number of likely N-dealkylation sites (tertiary alicyclic amines) is 1. The molecule has 10 atom stereocenters. The number of fused-ring (bicyclic) bond motifs is 1. The second kappa shape index (κ2) is 37.2. The third kappa shape index (κ3) is 24.6. The van der Waals surface area contributed by atoms with E-state index in [1.54, 1.807) is 65.1 Å². The fourth-order valence-corrected chi connectivity index (χ4v) is 10.8. The van der Waals surface area contributed by atoms with Gasteiger partial charge in [0.15, 0.2) is 12.1 Å². The normalized spacial score (nSPS) is 16.7. The Morgan fingerprint density at radius 3 is 1.91 bits per heavy atom. The number of benzene rings is 2. The largest absolute Gasteiger partial charge is 0.508 e. The minimum atomic E-state index is -2.01. The van der Waals surface area contributed by atoms with Crippen LogP contribution in [0.2, 0.25) is 0 Å². The van der Waals surface area contributed by atoms with E-state index in [-0.39, 0.29) is 88.0 Å². The number of aliphatic imine (C=N–C) groups is 1. The minimum Gasteiger partial charge on any atom is -0.508 e. The number of aromatic amines is 2. The smallest absolute Gasteiger partial charge is 0.347 e. The van der Waals surface area contributed by atoms with Crippen LogP contribution in [0, 0.1) is 5.92 Å². The summed E-state index contributed by atoms with van der Waals surface area (Å²) < 4.78 is 16.4. The number of nitrogens with one attached hydrogen (secondary N) is 12. The molecule has 544 valence electrons. The number of aliphatic hydroxyl groups excluding tert-OH is 1. The maximum absolute atomic E-state index is 15.1. The molecule has 4 heterocycles. The van der Waals surface area contributed by atoms with Crippen molar-refractivity contribution in [2.24, 2.45) is 28.1 Å². The number of primary amides is 1. The van der Waals surface area contributed by atoms with E-state index in [4.69, 9.17) is 31.4 Å². The lowest BCUT2D eigenvalue weighted by Gasteiger charge is -2.31. The molecule has 100 heavy (non-hydrogen) atoms. The second-order valence-corrected chi connectivity index (χ2v) is 25.4. The van der Waals surface area contributed by atoms with Crippen molar-refractivity contribution >= 4 is 93.9 Å². The molecule has 6 rings (SSSR count). The summed E-state index contributed by atoms with van der Waals surface area (Å²) >= 11 is 0. The van der Waals surface area contributed by atoms with Crippen LogP contribution in [0.25, 0.3) is 10.9 Å². The number of phenolic OH excluding ortho intramolecular Hbond substituents is 1. The van der Waals surface area contributed by atoms with Gasteiger partial charge < -0.3 is 99.0 Å². The SMILES string of the molecule is CC(C)C[C@H](NC(=O)[C@@H](COC(C)(C)C)NC(=O)[C@H](Cc1ccc(O)cc1)NC(=O)[C@H](COC(=O)C(C)OC(=O)CO)NC(=O)[C@H](Cc1c[nH]c2ccccc12)NC(=O)[C@H](Cc1cnc[nH]1)NC(=O)[C@@H]1CCC(=O)N1)C(=O)N[C@@H](CCCN=C(N)N)C(=O)N1CCC[C@H]1C(=O)NNC(N)=O. The van der Waals surface area contributed by atoms with Crippen LogP contribution in [0.1, 0.15) is 103 Å². The number of imidazole rings is 1. The molecule has 2 aromatic heterocycles. The summed E-state index contributed by atoms with van der Waals surface area (Å²) in [6.45, 7) is 6.96. The van der Waals surface area contributed by atoms with E-state index < -0.39 is 163 Å². The molecule has 0 radical (unpaired) electrons. The molecule has 0 saturated carbocycles. The first-order valence-electron chi connectivity index (χ1n) is 32.4. The molecule has 36 nitrogen and oxygen atoms in total. The van der Waals surface area contributed by atoms with E-state index in [2.05, 4.69) is 67.9 Å². The number of aromatic nitrogens is 3. The standard InChI is InChI=1S/C64H90N18O18/c1-33(2)23-43(53(88)73-42(13-9-21-69-62(65)66)60(95)82-22-10-14-49(82)59(94)80-81-63(67)97)74-58(93)48(31-99-64(4,5)6)79-54(89)44(24-35-15-17-38(84)18-16-35)75-57(92)47(30-98-61(96)34(3)100-51(86)29-83)78-55(90)45(25-36-27-70-40-12-8-7-11-39(36)40)76-56(91)46(26-37-28-68-32-71-37)77-52(87)41-19-20-50(85)72-41/h7-8,11-12,15-18,27-28,32-34,41-49,70,83-84H,9-10,13-14,19-26,29-31H2,1-6H3,(H,68,71)(H,72,85)(H,73,88)(H,74,93)(H,75,92)(H,76,91)(H,77,87)(H,78,90)(H,79,89)(H,80,94)(H4,65,66,69)(H3,67,81,97)/t34?,41-,42-,43-,44-,45-,46-,47-,48+,49-/m0/s1. The molecule has 2 aromatic carbocycles. The average molecular weight is 1400 g/mol. The summed E-state index contributed by atoms with van der Waals surface area (Å²) in [5, 5.41) is 41.2. The number of carbonyl (C=O) groups excluding carboxylic acids is 13. The van der Waals surface area contributed by atoms with Gasteiger partial charge in [-0.25, -0.2) is 24.8 Å². The van der Waals surface area contributed by atoms with Crippen LogP contribution >= 0.6 is 0 Å². The van der Waals surface area contributed by atoms with Gasteiger partial charge >= 0.3 is 18.0 Å². The highest BCUT2D eigenvalue weighted by Crippen LogP contribution is 2.23. The van der Waals surface area contributed by atoms with Crippen molar-refractivity contribution in [1.29, 1.82) is 0 Å². The maximum atomic E-state index is 15.1. The zero-order chi connectivity index (χ0) is 73.4. The third-order valence-corrected chi connectivity index (χ3v) is 15.8. The lowest BCUT2D eigenvalue weighted by Crippen LogP contribution is -2.62. The Morgan fingerprint density at radius 2 is 1.31 bits per heavy atom. The number of hydrogen-bond donors (Lipinski definition) is 17. The fourth-order valence-electron chi connectivity index (χ4n) is 10.8. The van der Waals surface area contributed by atoms with Crippen LogP contribution in [0.5, 0.6) is 5.75 Å². The zero-order valence-electron chi connectivity index (χ0n) is 56.3. The molecular formula is C64H90N18O18. The molecule has 1 unspecified atom stereocenters. The number of para-hydroxylation sites is 1. The molecule has 36 heteroatoms. The lowest BCUT2D eigenvalue weighted by molar-refractivity contribution is -0.169. The molecule has 12 amide bonds. The number of rotatable bonds is 35. The number of nitrogens with two attached hydrogens (primary N) is 3. The number of aromatic hydroxyl groups is 1. The van der Waals surface area contributed by atoms with Crippen molar-refractivity contribution in [2.75, 3.05) is 32.9 Å². The molecule has 0 bridgehead atoms. The molecule has 2 aliphatic heterocycles. The van der Waals surface area contributed by atoms with Gasteiger partial charge in [0, 0.05) is 67.8 Å². The Morgan fingerprint density at radius 1 is 0.710 bits per heavy atom. The number of hydrogen-bond acceptors (Lipinski definition) is 20. The van der Waals surface area contributed by atoms with Crippen molar-refractivity contribution in [1.82, 2.24) is 73.2 Å². The van der Waals surface area contributed by atoms with E-state index in [1.165, 1.54) is 41.7 Å². The Labute approximate surface area is 574 Å². The highest BCUT2D eigenvalue weighted by atomic mass is 16.6. The first kappa shape index (κ1) is 78.1. The van der Waals surface area contributed by atoms with Gasteiger partial charge in [-0.05, 0) is 101 Å². The number of carbonyl (C=O) groups is 13. The number of urea groups is 1. The second-order valence-electron chi connectivity index (χ2n) is 25.4. The number of phenols is 1.